The zero-order valence-corrected chi connectivity index (χ0v) is 10.8. The number of aryl methyl sites for hydroxylation is 2. The summed E-state index contributed by atoms with van der Waals surface area (Å²) in [4.78, 5) is 15.9. The highest BCUT2D eigenvalue weighted by molar-refractivity contribution is 5.90. The number of hydrogen-bond acceptors (Lipinski definition) is 3. The molecule has 0 aliphatic heterocycles. The molecule has 0 bridgehead atoms. The van der Waals surface area contributed by atoms with Gasteiger partial charge in [-0.3, -0.25) is 0 Å². The minimum absolute atomic E-state index is 0.305. The zero-order valence-electron chi connectivity index (χ0n) is 10.8. The lowest BCUT2D eigenvalue weighted by Gasteiger charge is -2.11. The van der Waals surface area contributed by atoms with Gasteiger partial charge in [0.25, 0.3) is 0 Å². The second-order valence-electron chi connectivity index (χ2n) is 4.18. The number of carbonyl (C=O) groups excluding carboxylic acids is 1. The Hall–Kier alpha value is -2.10. The normalized spacial score (nSPS) is 10.4. The maximum atomic E-state index is 11.7. The van der Waals surface area contributed by atoms with Gasteiger partial charge >= 0.3 is 5.97 Å². The van der Waals surface area contributed by atoms with Gasteiger partial charge in [0, 0.05) is 18.4 Å². The number of carbonyl (C=O) groups is 1. The van der Waals surface area contributed by atoms with E-state index in [-0.39, 0.29) is 5.97 Å². The van der Waals surface area contributed by atoms with Gasteiger partial charge in [-0.25, -0.2) is 9.78 Å². The van der Waals surface area contributed by atoms with Gasteiger partial charge in [-0.15, -0.1) is 0 Å². The fourth-order valence-electron chi connectivity index (χ4n) is 1.96. The van der Waals surface area contributed by atoms with E-state index in [2.05, 4.69) is 9.55 Å². The topological polar surface area (TPSA) is 44.1 Å². The van der Waals surface area contributed by atoms with E-state index >= 15 is 0 Å². The molecule has 0 spiro atoms. The van der Waals surface area contributed by atoms with Gasteiger partial charge < -0.3 is 9.30 Å². The SMILES string of the molecule is COC(=O)c1ccccc1Cn1c(C)cnc1C. The summed E-state index contributed by atoms with van der Waals surface area (Å²) in [6.45, 7) is 4.58. The van der Waals surface area contributed by atoms with Gasteiger partial charge in [0.1, 0.15) is 5.82 Å². The predicted molar refractivity (Wildman–Crippen MR) is 68.6 cm³/mol. The number of methoxy groups -OCH3 is 1. The molecule has 4 heteroatoms. The first-order valence-electron chi connectivity index (χ1n) is 5.78. The first-order chi connectivity index (χ1) is 8.63. The number of hydrogen-bond donors (Lipinski definition) is 0. The van der Waals surface area contributed by atoms with Crippen molar-refractivity contribution in [2.24, 2.45) is 0 Å². The van der Waals surface area contributed by atoms with Crippen molar-refractivity contribution in [3.05, 3.63) is 53.1 Å². The minimum Gasteiger partial charge on any atom is -0.465 e. The fraction of sp³-hybridized carbons (Fsp3) is 0.286. The number of rotatable bonds is 3. The van der Waals surface area contributed by atoms with Crippen LogP contribution in [0.15, 0.2) is 30.5 Å². The molecule has 0 atom stereocenters. The van der Waals surface area contributed by atoms with Gasteiger partial charge in [-0.2, -0.15) is 0 Å². The maximum absolute atomic E-state index is 11.7. The molecular weight excluding hydrogens is 228 g/mol. The van der Waals surface area contributed by atoms with E-state index in [4.69, 9.17) is 4.74 Å². The standard InChI is InChI=1S/C14H16N2O2/c1-10-8-15-11(2)16(10)9-12-6-4-5-7-13(12)14(17)18-3/h4-8H,9H2,1-3H3. The Morgan fingerprint density at radius 3 is 2.67 bits per heavy atom. The Labute approximate surface area is 106 Å². The lowest BCUT2D eigenvalue weighted by Crippen LogP contribution is -2.10. The third kappa shape index (κ3) is 2.27. The summed E-state index contributed by atoms with van der Waals surface area (Å²) < 4.78 is 6.86. The van der Waals surface area contributed by atoms with Crippen LogP contribution in [-0.4, -0.2) is 22.6 Å². The van der Waals surface area contributed by atoms with Crippen LogP contribution in [-0.2, 0) is 11.3 Å². The van der Waals surface area contributed by atoms with Crippen molar-refractivity contribution in [1.82, 2.24) is 9.55 Å². The van der Waals surface area contributed by atoms with Crippen molar-refractivity contribution in [3.63, 3.8) is 0 Å². The minimum atomic E-state index is -0.305. The quantitative estimate of drug-likeness (QED) is 0.778. The summed E-state index contributed by atoms with van der Waals surface area (Å²) in [5.74, 6) is 0.633. The lowest BCUT2D eigenvalue weighted by molar-refractivity contribution is 0.0599. The number of esters is 1. The second-order valence-corrected chi connectivity index (χ2v) is 4.18. The number of nitrogens with zero attached hydrogens (tertiary/aromatic N) is 2. The molecule has 0 saturated carbocycles. The molecule has 1 aromatic heterocycles. The van der Waals surface area contributed by atoms with Crippen LogP contribution < -0.4 is 0 Å². The van der Waals surface area contributed by atoms with Crippen LogP contribution in [0.25, 0.3) is 0 Å². The number of benzene rings is 1. The largest absolute Gasteiger partial charge is 0.465 e. The van der Waals surface area contributed by atoms with E-state index in [0.29, 0.717) is 12.1 Å². The lowest BCUT2D eigenvalue weighted by atomic mass is 10.1. The van der Waals surface area contributed by atoms with E-state index in [1.54, 1.807) is 6.07 Å². The Morgan fingerprint density at radius 1 is 1.33 bits per heavy atom. The summed E-state index contributed by atoms with van der Waals surface area (Å²) in [5.41, 5.74) is 2.62. The smallest absolute Gasteiger partial charge is 0.338 e. The van der Waals surface area contributed by atoms with Crippen molar-refractivity contribution in [3.8, 4) is 0 Å². The molecule has 2 rings (SSSR count). The first-order valence-corrected chi connectivity index (χ1v) is 5.78. The highest BCUT2D eigenvalue weighted by Gasteiger charge is 2.12. The van der Waals surface area contributed by atoms with E-state index in [9.17, 15) is 4.79 Å². The summed E-state index contributed by atoms with van der Waals surface area (Å²) in [6.07, 6.45) is 1.83. The van der Waals surface area contributed by atoms with Crippen molar-refractivity contribution in [2.75, 3.05) is 7.11 Å². The summed E-state index contributed by atoms with van der Waals surface area (Å²) >= 11 is 0. The predicted octanol–water partition coefficient (Wildman–Crippen LogP) is 2.33. The van der Waals surface area contributed by atoms with Crippen LogP contribution in [0.4, 0.5) is 0 Å². The zero-order chi connectivity index (χ0) is 13.1. The molecule has 0 saturated heterocycles. The molecule has 0 unspecified atom stereocenters. The third-order valence-corrected chi connectivity index (χ3v) is 3.01. The van der Waals surface area contributed by atoms with E-state index in [1.165, 1.54) is 7.11 Å². The molecule has 0 aliphatic carbocycles. The van der Waals surface area contributed by atoms with Crippen molar-refractivity contribution < 1.29 is 9.53 Å². The van der Waals surface area contributed by atoms with Gasteiger partial charge in [-0.1, -0.05) is 18.2 Å². The molecule has 2 aromatic rings. The molecular formula is C14H16N2O2. The molecule has 0 radical (unpaired) electrons. The van der Waals surface area contributed by atoms with Crippen molar-refractivity contribution >= 4 is 5.97 Å². The third-order valence-electron chi connectivity index (χ3n) is 3.01. The van der Waals surface area contributed by atoms with Crippen LogP contribution >= 0.6 is 0 Å². The average Bonchev–Trinajstić information content (AvgIpc) is 2.70. The number of aromatic nitrogens is 2. The molecule has 0 amide bonds. The van der Waals surface area contributed by atoms with Crippen LogP contribution in [0.5, 0.6) is 0 Å². The first kappa shape index (κ1) is 12.4. The van der Waals surface area contributed by atoms with Crippen LogP contribution in [0.1, 0.15) is 27.4 Å². The van der Waals surface area contributed by atoms with Crippen LogP contribution in [0.3, 0.4) is 0 Å². The molecule has 0 aliphatic rings. The average molecular weight is 244 g/mol. The Kier molecular flexibility index (Phi) is 3.46. The van der Waals surface area contributed by atoms with Crippen LogP contribution in [0, 0.1) is 13.8 Å². The molecule has 1 heterocycles. The van der Waals surface area contributed by atoms with E-state index < -0.39 is 0 Å². The van der Waals surface area contributed by atoms with Crippen molar-refractivity contribution in [1.29, 1.82) is 0 Å². The highest BCUT2D eigenvalue weighted by Crippen LogP contribution is 2.14. The molecule has 94 valence electrons. The number of ether oxygens (including phenoxy) is 1. The van der Waals surface area contributed by atoms with Crippen molar-refractivity contribution in [2.45, 2.75) is 20.4 Å². The Morgan fingerprint density at radius 2 is 2.06 bits per heavy atom. The monoisotopic (exact) mass is 244 g/mol. The Balaban J connectivity index is 2.38. The van der Waals surface area contributed by atoms with Gasteiger partial charge in [0.15, 0.2) is 0 Å². The van der Waals surface area contributed by atoms with E-state index in [1.807, 2.05) is 38.2 Å². The van der Waals surface area contributed by atoms with Gasteiger partial charge in [0.05, 0.1) is 12.7 Å². The van der Waals surface area contributed by atoms with Crippen LogP contribution in [0.2, 0.25) is 0 Å². The number of imidazole rings is 1. The van der Waals surface area contributed by atoms with E-state index in [0.717, 1.165) is 17.1 Å². The van der Waals surface area contributed by atoms with Gasteiger partial charge in [-0.05, 0) is 25.5 Å². The molecule has 0 fully saturated rings. The highest BCUT2D eigenvalue weighted by atomic mass is 16.5. The Bertz CT molecular complexity index is 553. The summed E-state index contributed by atoms with van der Waals surface area (Å²) in [7, 11) is 1.40. The second kappa shape index (κ2) is 5.04. The molecule has 1 aromatic carbocycles. The summed E-state index contributed by atoms with van der Waals surface area (Å²) in [5, 5.41) is 0. The molecule has 0 N–H and O–H groups in total. The maximum Gasteiger partial charge on any atom is 0.338 e. The van der Waals surface area contributed by atoms with Gasteiger partial charge in [0.2, 0.25) is 0 Å². The summed E-state index contributed by atoms with van der Waals surface area (Å²) in [6, 6.07) is 7.47. The molecule has 4 nitrogen and oxygen atoms in total. The fourth-order valence-corrected chi connectivity index (χ4v) is 1.96. The molecule has 18 heavy (non-hydrogen) atoms.